The zero-order valence-corrected chi connectivity index (χ0v) is 17.0. The molecule has 7 heteroatoms. The van der Waals surface area contributed by atoms with Crippen molar-refractivity contribution in [3.63, 3.8) is 0 Å². The molecule has 0 bridgehead atoms. The van der Waals surface area contributed by atoms with Crippen LogP contribution in [0.5, 0.6) is 0 Å². The van der Waals surface area contributed by atoms with Gasteiger partial charge < -0.3 is 25.5 Å². The van der Waals surface area contributed by atoms with Crippen LogP contribution in [-0.2, 0) is 22.5 Å². The molecule has 0 amide bonds. The van der Waals surface area contributed by atoms with Crippen molar-refractivity contribution in [3.05, 3.63) is 53.3 Å². The van der Waals surface area contributed by atoms with Gasteiger partial charge in [-0.15, -0.1) is 0 Å². The van der Waals surface area contributed by atoms with Gasteiger partial charge in [-0.05, 0) is 42.3 Å². The van der Waals surface area contributed by atoms with Crippen molar-refractivity contribution in [1.82, 2.24) is 14.9 Å². The van der Waals surface area contributed by atoms with Crippen molar-refractivity contribution in [3.8, 4) is 23.0 Å². The average molecular weight is 406 g/mol. The lowest BCUT2D eigenvalue weighted by atomic mass is 9.95. The third-order valence-electron chi connectivity index (χ3n) is 4.93. The number of carboxylic acid groups (broad SMARTS) is 1. The highest BCUT2D eigenvalue weighted by Gasteiger charge is 2.14. The summed E-state index contributed by atoms with van der Waals surface area (Å²) in [5, 5.41) is 7.92. The Kier molecular flexibility index (Phi) is 7.57. The smallest absolute Gasteiger partial charge is 0.290 e. The highest BCUT2D eigenvalue weighted by molar-refractivity contribution is 5.87. The molecule has 1 aliphatic heterocycles. The molecule has 0 unspecified atom stereocenters. The molecule has 0 saturated heterocycles. The topological polar surface area (TPSA) is 104 Å². The summed E-state index contributed by atoms with van der Waals surface area (Å²) in [4.78, 5) is 18.5. The quantitative estimate of drug-likeness (QED) is 0.349. The average Bonchev–Trinajstić information content (AvgIpc) is 3.16. The van der Waals surface area contributed by atoms with Gasteiger partial charge in [-0.1, -0.05) is 24.0 Å². The number of rotatable bonds is 4. The van der Waals surface area contributed by atoms with Gasteiger partial charge in [0.2, 0.25) is 0 Å². The molecule has 0 atom stereocenters. The molecule has 2 aromatic heterocycles. The van der Waals surface area contributed by atoms with Crippen LogP contribution in [0.1, 0.15) is 16.7 Å². The van der Waals surface area contributed by atoms with Gasteiger partial charge in [-0.2, -0.15) is 0 Å². The number of pyridine rings is 1. The number of ether oxygens (including phenoxy) is 1. The number of hydrogen-bond donors (Lipinski definition) is 3. The zero-order chi connectivity index (χ0) is 21.3. The molecule has 0 radical (unpaired) electrons. The lowest BCUT2D eigenvalue weighted by Gasteiger charge is -2.25. The molecule has 3 heterocycles. The maximum Gasteiger partial charge on any atom is 0.290 e. The fourth-order valence-corrected chi connectivity index (χ4v) is 3.48. The Morgan fingerprint density at radius 2 is 2.17 bits per heavy atom. The summed E-state index contributed by atoms with van der Waals surface area (Å²) >= 11 is 0. The molecule has 1 aromatic carbocycles. The highest BCUT2D eigenvalue weighted by Crippen LogP contribution is 2.28. The first kappa shape index (κ1) is 21.5. The van der Waals surface area contributed by atoms with Gasteiger partial charge in [0.1, 0.15) is 12.3 Å². The molecular formula is C23H26N4O3. The monoisotopic (exact) mass is 406 g/mol. The van der Waals surface area contributed by atoms with Gasteiger partial charge in [0.05, 0.1) is 12.2 Å². The van der Waals surface area contributed by atoms with Crippen LogP contribution < -0.4 is 5.73 Å². The summed E-state index contributed by atoms with van der Waals surface area (Å²) in [6, 6.07) is 8.92. The number of aromatic amines is 1. The van der Waals surface area contributed by atoms with Crippen LogP contribution in [0, 0.1) is 11.8 Å². The van der Waals surface area contributed by atoms with E-state index in [1.807, 2.05) is 12.4 Å². The number of nitrogens with two attached hydrogens (primary N) is 1. The number of nitrogens with one attached hydrogen (secondary N) is 1. The Balaban J connectivity index is 0.000000806. The van der Waals surface area contributed by atoms with Gasteiger partial charge in [0.25, 0.3) is 6.47 Å². The van der Waals surface area contributed by atoms with E-state index in [0.717, 1.165) is 41.7 Å². The zero-order valence-electron chi connectivity index (χ0n) is 17.0. The second-order valence-corrected chi connectivity index (χ2v) is 7.04. The maximum absolute atomic E-state index is 8.36. The molecule has 0 saturated carbocycles. The van der Waals surface area contributed by atoms with E-state index >= 15 is 0 Å². The Hall–Kier alpha value is -3.18. The van der Waals surface area contributed by atoms with E-state index in [4.69, 9.17) is 20.4 Å². The predicted octanol–water partition coefficient (Wildman–Crippen LogP) is 2.25. The van der Waals surface area contributed by atoms with Crippen LogP contribution in [0.4, 0.5) is 0 Å². The summed E-state index contributed by atoms with van der Waals surface area (Å²) < 4.78 is 5.32. The first-order chi connectivity index (χ1) is 14.7. The minimum Gasteiger partial charge on any atom is -0.483 e. The Labute approximate surface area is 175 Å². The van der Waals surface area contributed by atoms with E-state index in [1.165, 1.54) is 16.7 Å². The van der Waals surface area contributed by atoms with Crippen LogP contribution in [0.2, 0.25) is 0 Å². The van der Waals surface area contributed by atoms with E-state index < -0.39 is 0 Å². The molecule has 4 rings (SSSR count). The standard InChI is InChI=1S/C22H24N4O.CH2O2/c1-26-8-6-16-4-5-17(11-20(16)15-26)19-12-21-18(3-2-9-27-10-7-23)13-24-22(21)25-14-19;2-1-3/h4-5,11-14H,6-10,15,23H2,1H3,(H,24,25);1H,(H,2,3). The Bertz CT molecular complexity index is 1070. The maximum atomic E-state index is 8.36. The summed E-state index contributed by atoms with van der Waals surface area (Å²) in [5.74, 6) is 6.21. The molecule has 0 fully saturated rings. The predicted molar refractivity (Wildman–Crippen MR) is 117 cm³/mol. The summed E-state index contributed by atoms with van der Waals surface area (Å²) in [7, 11) is 2.17. The van der Waals surface area contributed by atoms with Crippen molar-refractivity contribution in [2.24, 2.45) is 5.73 Å². The van der Waals surface area contributed by atoms with Crippen LogP contribution in [0.15, 0.2) is 36.7 Å². The van der Waals surface area contributed by atoms with Crippen LogP contribution in [0.25, 0.3) is 22.2 Å². The molecule has 7 nitrogen and oxygen atoms in total. The second-order valence-electron chi connectivity index (χ2n) is 7.04. The van der Waals surface area contributed by atoms with Gasteiger partial charge in [0.15, 0.2) is 0 Å². The largest absolute Gasteiger partial charge is 0.483 e. The molecule has 0 aliphatic carbocycles. The fourth-order valence-electron chi connectivity index (χ4n) is 3.48. The van der Waals surface area contributed by atoms with E-state index in [-0.39, 0.29) is 6.47 Å². The SMILES string of the molecule is CN1CCc2ccc(-c3cnc4[nH]cc(C#CCOCCN)c4c3)cc2C1.O=CO. The number of H-pyrrole nitrogens is 1. The van der Waals surface area contributed by atoms with E-state index in [2.05, 4.69) is 58.0 Å². The van der Waals surface area contributed by atoms with E-state index in [1.54, 1.807) is 0 Å². The number of nitrogens with zero attached hydrogens (tertiary/aromatic N) is 2. The van der Waals surface area contributed by atoms with Crippen LogP contribution >= 0.6 is 0 Å². The summed E-state index contributed by atoms with van der Waals surface area (Å²) in [6.07, 6.45) is 4.95. The second kappa shape index (κ2) is 10.6. The first-order valence-corrected chi connectivity index (χ1v) is 9.78. The lowest BCUT2D eigenvalue weighted by Crippen LogP contribution is -2.26. The van der Waals surface area contributed by atoms with Crippen LogP contribution in [-0.4, -0.2) is 59.8 Å². The molecule has 3 aromatic rings. The van der Waals surface area contributed by atoms with Crippen molar-refractivity contribution in [2.75, 3.05) is 33.4 Å². The molecule has 30 heavy (non-hydrogen) atoms. The van der Waals surface area contributed by atoms with Crippen molar-refractivity contribution in [2.45, 2.75) is 13.0 Å². The van der Waals surface area contributed by atoms with E-state index in [9.17, 15) is 0 Å². The van der Waals surface area contributed by atoms with Crippen LogP contribution in [0.3, 0.4) is 0 Å². The van der Waals surface area contributed by atoms with Gasteiger partial charge >= 0.3 is 0 Å². The normalized spacial score (nSPS) is 13.0. The number of benzene rings is 1. The molecule has 1 aliphatic rings. The van der Waals surface area contributed by atoms with Crippen molar-refractivity contribution in [1.29, 1.82) is 0 Å². The van der Waals surface area contributed by atoms with Gasteiger partial charge in [-0.25, -0.2) is 4.98 Å². The first-order valence-electron chi connectivity index (χ1n) is 9.78. The fraction of sp³-hybridized carbons (Fsp3) is 0.304. The van der Waals surface area contributed by atoms with Gasteiger partial charge in [-0.3, -0.25) is 4.79 Å². The molecular weight excluding hydrogens is 380 g/mol. The number of likely N-dealkylation sites (N-methyl/N-ethyl adjacent to an activating group) is 1. The van der Waals surface area contributed by atoms with E-state index in [0.29, 0.717) is 19.8 Å². The molecule has 4 N–H and O–H groups in total. The minimum atomic E-state index is -0.250. The van der Waals surface area contributed by atoms with Crippen molar-refractivity contribution >= 4 is 17.5 Å². The third-order valence-corrected chi connectivity index (χ3v) is 4.93. The Morgan fingerprint density at radius 3 is 2.97 bits per heavy atom. The molecule has 0 spiro atoms. The highest BCUT2D eigenvalue weighted by atomic mass is 16.5. The summed E-state index contributed by atoms with van der Waals surface area (Å²) in [5.41, 5.74) is 12.4. The van der Waals surface area contributed by atoms with Gasteiger partial charge in [0, 0.05) is 43.0 Å². The van der Waals surface area contributed by atoms with Crippen molar-refractivity contribution < 1.29 is 14.6 Å². The number of hydrogen-bond acceptors (Lipinski definition) is 5. The number of fused-ring (bicyclic) bond motifs is 2. The lowest BCUT2D eigenvalue weighted by molar-refractivity contribution is -0.122. The summed E-state index contributed by atoms with van der Waals surface area (Å²) in [6.45, 7) is 3.30. The number of carbonyl (C=O) groups is 1. The Morgan fingerprint density at radius 1 is 1.33 bits per heavy atom. The number of aromatic nitrogens is 2. The molecule has 156 valence electrons. The minimum absolute atomic E-state index is 0.250. The third kappa shape index (κ3) is 5.24.